The van der Waals surface area contributed by atoms with E-state index in [1.165, 1.54) is 12.1 Å². The Hall–Kier alpha value is -4.53. The summed E-state index contributed by atoms with van der Waals surface area (Å²) in [5.74, 6) is -0.253. The Bertz CT molecular complexity index is 1350. The highest BCUT2D eigenvalue weighted by Crippen LogP contribution is 2.37. The number of carbonyl (C=O) groups is 3. The zero-order chi connectivity index (χ0) is 29.6. The van der Waals surface area contributed by atoms with Gasteiger partial charge in [0.1, 0.15) is 29.2 Å². The average Bonchev–Trinajstić information content (AvgIpc) is 3.76. The summed E-state index contributed by atoms with van der Waals surface area (Å²) in [7, 11) is 1.56. The highest BCUT2D eigenvalue weighted by molar-refractivity contribution is 5.99. The summed E-state index contributed by atoms with van der Waals surface area (Å²) in [4.78, 5) is 42.7. The van der Waals surface area contributed by atoms with Crippen LogP contribution < -0.4 is 15.4 Å². The van der Waals surface area contributed by atoms with Crippen molar-refractivity contribution < 1.29 is 29.0 Å². The molecule has 3 aromatic rings. The summed E-state index contributed by atoms with van der Waals surface area (Å²) in [5, 5.41) is 15.9. The van der Waals surface area contributed by atoms with Gasteiger partial charge in [0.25, 0.3) is 5.91 Å². The molecule has 0 aliphatic heterocycles. The van der Waals surface area contributed by atoms with Crippen LogP contribution in [0, 0.1) is 0 Å². The number of nitrogens with one attached hydrogen (secondary N) is 2. The Morgan fingerprint density at radius 3 is 2.24 bits per heavy atom. The molecule has 9 heteroatoms. The lowest BCUT2D eigenvalue weighted by atomic mass is 9.99. The molecule has 0 aromatic heterocycles. The zero-order valence-electron chi connectivity index (χ0n) is 23.8. The Morgan fingerprint density at radius 2 is 1.66 bits per heavy atom. The van der Waals surface area contributed by atoms with E-state index in [2.05, 4.69) is 10.6 Å². The molecule has 1 saturated carbocycles. The number of alkyl carbamates (subject to hydrolysis) is 1. The number of nitrogens with zero attached hydrogens (tertiary/aromatic N) is 1. The van der Waals surface area contributed by atoms with Crippen molar-refractivity contribution >= 4 is 23.6 Å². The molecule has 0 bridgehead atoms. The molecule has 0 saturated heterocycles. The highest BCUT2D eigenvalue weighted by atomic mass is 16.6. The van der Waals surface area contributed by atoms with E-state index in [-0.39, 0.29) is 18.2 Å². The maximum atomic E-state index is 14.4. The molecular weight excluding hydrogens is 522 g/mol. The number of aromatic hydroxyl groups is 1. The van der Waals surface area contributed by atoms with E-state index in [0.717, 1.165) is 5.56 Å². The Kier molecular flexibility index (Phi) is 9.17. The molecule has 41 heavy (non-hydrogen) atoms. The van der Waals surface area contributed by atoms with Crippen LogP contribution in [0.1, 0.15) is 50.8 Å². The third-order valence-electron chi connectivity index (χ3n) is 6.54. The van der Waals surface area contributed by atoms with Crippen molar-refractivity contribution in [1.29, 1.82) is 0 Å². The van der Waals surface area contributed by atoms with Gasteiger partial charge in [0.05, 0.1) is 7.11 Å². The molecule has 9 nitrogen and oxygen atoms in total. The number of benzene rings is 3. The maximum Gasteiger partial charge on any atom is 0.408 e. The van der Waals surface area contributed by atoms with Crippen molar-refractivity contribution in [3.05, 3.63) is 90.0 Å². The number of carbonyl (C=O) groups excluding carboxylic acids is 3. The molecule has 0 heterocycles. The van der Waals surface area contributed by atoms with Crippen LogP contribution in [-0.2, 0) is 20.7 Å². The maximum absolute atomic E-state index is 14.4. The molecule has 2 atom stereocenters. The summed E-state index contributed by atoms with van der Waals surface area (Å²) >= 11 is 0. The molecule has 3 amide bonds. The van der Waals surface area contributed by atoms with Crippen LogP contribution in [0.3, 0.4) is 0 Å². The van der Waals surface area contributed by atoms with Gasteiger partial charge in [-0.05, 0) is 81.1 Å². The van der Waals surface area contributed by atoms with Crippen LogP contribution in [-0.4, -0.2) is 52.7 Å². The Morgan fingerprint density at radius 1 is 0.976 bits per heavy atom. The number of hydrogen-bond donors (Lipinski definition) is 3. The van der Waals surface area contributed by atoms with E-state index in [1.54, 1.807) is 69.2 Å². The van der Waals surface area contributed by atoms with Gasteiger partial charge in [-0.2, -0.15) is 0 Å². The molecule has 0 spiro atoms. The first-order valence-corrected chi connectivity index (χ1v) is 13.6. The van der Waals surface area contributed by atoms with Gasteiger partial charge < -0.3 is 30.1 Å². The summed E-state index contributed by atoms with van der Waals surface area (Å²) in [6.07, 6.45) is 0.900. The predicted molar refractivity (Wildman–Crippen MR) is 156 cm³/mol. The quantitative estimate of drug-likeness (QED) is 0.314. The molecule has 0 radical (unpaired) electrons. The van der Waals surface area contributed by atoms with Crippen LogP contribution in [0.5, 0.6) is 11.5 Å². The van der Waals surface area contributed by atoms with Gasteiger partial charge in [-0.25, -0.2) is 4.79 Å². The molecule has 1 aliphatic carbocycles. The molecule has 4 rings (SSSR count). The number of anilines is 1. The van der Waals surface area contributed by atoms with Crippen molar-refractivity contribution in [3.8, 4) is 11.5 Å². The third kappa shape index (κ3) is 8.23. The first kappa shape index (κ1) is 29.5. The first-order chi connectivity index (χ1) is 19.5. The van der Waals surface area contributed by atoms with Crippen molar-refractivity contribution in [3.63, 3.8) is 0 Å². The second kappa shape index (κ2) is 12.8. The fourth-order valence-electron chi connectivity index (χ4n) is 4.57. The fraction of sp³-hybridized carbons (Fsp3) is 0.344. The minimum absolute atomic E-state index is 0.0272. The van der Waals surface area contributed by atoms with Gasteiger partial charge in [-0.3, -0.25) is 9.59 Å². The van der Waals surface area contributed by atoms with Gasteiger partial charge in [0.2, 0.25) is 5.91 Å². The van der Waals surface area contributed by atoms with Gasteiger partial charge in [-0.15, -0.1) is 0 Å². The van der Waals surface area contributed by atoms with Crippen molar-refractivity contribution in [2.45, 2.75) is 63.8 Å². The van der Waals surface area contributed by atoms with Gasteiger partial charge in [-0.1, -0.05) is 42.5 Å². The molecule has 1 fully saturated rings. The normalized spacial score (nSPS) is 14.3. The Labute approximate surface area is 240 Å². The highest BCUT2D eigenvalue weighted by Gasteiger charge is 2.44. The van der Waals surface area contributed by atoms with Gasteiger partial charge in [0.15, 0.2) is 0 Å². The van der Waals surface area contributed by atoms with Crippen LogP contribution in [0.4, 0.5) is 10.5 Å². The van der Waals surface area contributed by atoms with Crippen LogP contribution in [0.2, 0.25) is 0 Å². The lowest BCUT2D eigenvalue weighted by Gasteiger charge is -2.35. The number of methoxy groups -OCH3 is 1. The van der Waals surface area contributed by atoms with Crippen molar-refractivity contribution in [2.75, 3.05) is 12.4 Å². The molecule has 3 aromatic carbocycles. The smallest absolute Gasteiger partial charge is 0.408 e. The molecule has 3 N–H and O–H groups in total. The molecular formula is C32H37N3O6. The van der Waals surface area contributed by atoms with Crippen molar-refractivity contribution in [2.24, 2.45) is 0 Å². The minimum atomic E-state index is -1.07. The van der Waals surface area contributed by atoms with E-state index >= 15 is 0 Å². The second-order valence-electron chi connectivity index (χ2n) is 11.1. The number of phenols is 1. The number of ether oxygens (including phenoxy) is 2. The lowest BCUT2D eigenvalue weighted by Crippen LogP contribution is -2.54. The van der Waals surface area contributed by atoms with E-state index in [4.69, 9.17) is 9.47 Å². The number of phenolic OH excluding ortho intramolecular Hbond substituents is 1. The van der Waals surface area contributed by atoms with Gasteiger partial charge in [0, 0.05) is 18.2 Å². The SMILES string of the molecule is COc1ccc(NC(=O)C(c2cccc(O)c2)N(C(=O)C(Cc2ccccc2)NC(=O)OC(C)(C)C)C2CC2)cc1. The molecule has 216 valence electrons. The summed E-state index contributed by atoms with van der Waals surface area (Å²) in [6, 6.07) is 20.3. The van der Waals surface area contributed by atoms with Crippen LogP contribution in [0.15, 0.2) is 78.9 Å². The minimum Gasteiger partial charge on any atom is -0.508 e. The third-order valence-corrected chi connectivity index (χ3v) is 6.54. The first-order valence-electron chi connectivity index (χ1n) is 13.6. The van der Waals surface area contributed by atoms with Crippen molar-refractivity contribution in [1.82, 2.24) is 10.2 Å². The van der Waals surface area contributed by atoms with E-state index < -0.39 is 35.6 Å². The number of hydrogen-bond acceptors (Lipinski definition) is 6. The summed E-state index contributed by atoms with van der Waals surface area (Å²) in [5.41, 5.74) is 1.06. The standard InChI is InChI=1S/C32H37N3O6/c1-32(2,3)41-31(39)34-27(19-21-9-6-5-7-10-21)30(38)35(24-15-16-24)28(22-11-8-12-25(36)20-22)29(37)33-23-13-17-26(40-4)18-14-23/h5-14,17-18,20,24,27-28,36H,15-16,19H2,1-4H3,(H,33,37)(H,34,39). The average molecular weight is 560 g/mol. The van der Waals surface area contributed by atoms with E-state index in [0.29, 0.717) is 29.8 Å². The second-order valence-corrected chi connectivity index (χ2v) is 11.1. The van der Waals surface area contributed by atoms with Crippen LogP contribution in [0.25, 0.3) is 0 Å². The molecule has 1 aliphatic rings. The monoisotopic (exact) mass is 559 g/mol. The fourth-order valence-corrected chi connectivity index (χ4v) is 4.57. The lowest BCUT2D eigenvalue weighted by molar-refractivity contribution is -0.141. The summed E-state index contributed by atoms with van der Waals surface area (Å²) < 4.78 is 10.7. The Balaban J connectivity index is 1.70. The molecule has 2 unspecified atom stereocenters. The van der Waals surface area contributed by atoms with Crippen LogP contribution >= 0.6 is 0 Å². The topological polar surface area (TPSA) is 117 Å². The summed E-state index contributed by atoms with van der Waals surface area (Å²) in [6.45, 7) is 5.25. The number of rotatable bonds is 10. The predicted octanol–water partition coefficient (Wildman–Crippen LogP) is 5.21. The number of amides is 3. The van der Waals surface area contributed by atoms with E-state index in [9.17, 15) is 19.5 Å². The van der Waals surface area contributed by atoms with E-state index in [1.807, 2.05) is 30.3 Å². The van der Waals surface area contributed by atoms with Gasteiger partial charge >= 0.3 is 6.09 Å². The zero-order valence-corrected chi connectivity index (χ0v) is 23.8. The largest absolute Gasteiger partial charge is 0.508 e.